The third kappa shape index (κ3) is 3.23. The maximum atomic E-state index is 12.6. The Morgan fingerprint density at radius 1 is 1.08 bits per heavy atom. The van der Waals surface area contributed by atoms with E-state index in [0.717, 1.165) is 44.2 Å². The van der Waals surface area contributed by atoms with Crippen LogP contribution in [0.3, 0.4) is 0 Å². The van der Waals surface area contributed by atoms with Gasteiger partial charge in [0.2, 0.25) is 0 Å². The second-order valence-electron chi connectivity index (χ2n) is 7.51. The number of hydrogen-bond donors (Lipinski definition) is 2. The Kier molecular flexibility index (Phi) is 4.26. The molecule has 2 aliphatic carbocycles. The van der Waals surface area contributed by atoms with Crippen LogP contribution in [0.4, 0.5) is 0 Å². The van der Waals surface area contributed by atoms with Crippen LogP contribution in [-0.4, -0.2) is 32.9 Å². The number of hydrogen-bond acceptors (Lipinski definition) is 5. The van der Waals surface area contributed by atoms with Crippen molar-refractivity contribution in [3.63, 3.8) is 0 Å². The number of aromatic nitrogens is 2. The molecule has 2 bridgehead atoms. The lowest BCUT2D eigenvalue weighted by Crippen LogP contribution is -2.55. The van der Waals surface area contributed by atoms with Crippen LogP contribution in [0, 0.1) is 6.92 Å². The van der Waals surface area contributed by atoms with Crippen LogP contribution in [0.5, 0.6) is 0 Å². The maximum Gasteiger partial charge on any atom is 0.280 e. The van der Waals surface area contributed by atoms with Crippen LogP contribution in [0.25, 0.3) is 0 Å². The largest absolute Gasteiger partial charge is 0.345 e. The van der Waals surface area contributed by atoms with E-state index in [-0.39, 0.29) is 22.9 Å². The van der Waals surface area contributed by atoms with Gasteiger partial charge in [0.25, 0.3) is 11.8 Å². The lowest BCUT2D eigenvalue weighted by Gasteiger charge is -2.40. The maximum absolute atomic E-state index is 12.6. The summed E-state index contributed by atoms with van der Waals surface area (Å²) in [6, 6.07) is 5.34. The molecule has 2 saturated carbocycles. The molecule has 4 rings (SSSR count). The van der Waals surface area contributed by atoms with Gasteiger partial charge in [0.15, 0.2) is 5.01 Å². The molecule has 2 aliphatic rings. The monoisotopic (exact) mass is 370 g/mol. The predicted octanol–water partition coefficient (Wildman–Crippen LogP) is 2.85. The van der Waals surface area contributed by atoms with E-state index in [0.29, 0.717) is 10.7 Å². The summed E-state index contributed by atoms with van der Waals surface area (Å²) >= 11 is 1.37. The Hall–Kier alpha value is -2.28. The second kappa shape index (κ2) is 6.46. The molecule has 6 nitrogen and oxygen atoms in total. The van der Waals surface area contributed by atoms with E-state index in [2.05, 4.69) is 20.6 Å². The topological polar surface area (TPSA) is 84.0 Å². The summed E-state index contributed by atoms with van der Waals surface area (Å²) in [7, 11) is 0. The Labute approximate surface area is 156 Å². The molecule has 2 N–H and O–H groups in total. The minimum Gasteiger partial charge on any atom is -0.345 e. The van der Waals surface area contributed by atoms with E-state index in [4.69, 9.17) is 0 Å². The van der Waals surface area contributed by atoms with Crippen molar-refractivity contribution in [2.24, 2.45) is 0 Å². The van der Waals surface area contributed by atoms with Gasteiger partial charge in [-0.05, 0) is 57.6 Å². The Morgan fingerprint density at radius 3 is 2.42 bits per heavy atom. The lowest BCUT2D eigenvalue weighted by atomic mass is 9.78. The molecule has 136 valence electrons. The van der Waals surface area contributed by atoms with Gasteiger partial charge in [0.1, 0.15) is 5.69 Å². The summed E-state index contributed by atoms with van der Waals surface area (Å²) in [5, 5.41) is 8.85. The van der Waals surface area contributed by atoms with Crippen molar-refractivity contribution >= 4 is 23.2 Å². The van der Waals surface area contributed by atoms with Crippen LogP contribution >= 0.6 is 11.3 Å². The van der Waals surface area contributed by atoms with Crippen molar-refractivity contribution in [2.75, 3.05) is 0 Å². The van der Waals surface area contributed by atoms with Gasteiger partial charge in [0.05, 0.1) is 0 Å². The van der Waals surface area contributed by atoms with Crippen LogP contribution in [-0.2, 0) is 0 Å². The first-order chi connectivity index (χ1) is 12.5. The molecule has 26 heavy (non-hydrogen) atoms. The summed E-state index contributed by atoms with van der Waals surface area (Å²) < 4.78 is 0. The van der Waals surface area contributed by atoms with Gasteiger partial charge in [-0.25, -0.2) is 4.98 Å². The fraction of sp³-hybridized carbons (Fsp3) is 0.474. The van der Waals surface area contributed by atoms with E-state index >= 15 is 0 Å². The number of carbonyl (C=O) groups is 2. The molecule has 2 aromatic heterocycles. The Balaban J connectivity index is 1.47. The number of aryl methyl sites for hydroxylation is 1. The van der Waals surface area contributed by atoms with Gasteiger partial charge in [-0.3, -0.25) is 14.6 Å². The van der Waals surface area contributed by atoms with Gasteiger partial charge < -0.3 is 10.6 Å². The number of rotatable bonds is 4. The zero-order valence-electron chi connectivity index (χ0n) is 14.7. The molecule has 7 heteroatoms. The number of nitrogens with one attached hydrogen (secondary N) is 2. The van der Waals surface area contributed by atoms with Crippen molar-refractivity contribution in [2.45, 2.75) is 56.5 Å². The quantitative estimate of drug-likeness (QED) is 0.867. The normalized spacial score (nSPS) is 27.1. The first-order valence-corrected chi connectivity index (χ1v) is 9.86. The zero-order valence-corrected chi connectivity index (χ0v) is 15.6. The van der Waals surface area contributed by atoms with E-state index in [1.165, 1.54) is 11.3 Å². The average Bonchev–Trinajstić information content (AvgIpc) is 3.17. The van der Waals surface area contributed by atoms with Gasteiger partial charge >= 0.3 is 0 Å². The van der Waals surface area contributed by atoms with E-state index < -0.39 is 0 Å². The third-order valence-corrected chi connectivity index (χ3v) is 6.50. The molecule has 2 fully saturated rings. The van der Waals surface area contributed by atoms with Gasteiger partial charge in [-0.15, -0.1) is 11.3 Å². The molecular weight excluding hydrogens is 348 g/mol. The highest BCUT2D eigenvalue weighted by Gasteiger charge is 2.52. The fourth-order valence-corrected chi connectivity index (χ4v) is 5.08. The number of nitrogens with zero attached hydrogens (tertiary/aromatic N) is 2. The number of amides is 2. The van der Waals surface area contributed by atoms with Crippen molar-refractivity contribution in [3.8, 4) is 0 Å². The molecule has 0 spiro atoms. The first kappa shape index (κ1) is 17.1. The number of thiazole rings is 1. The molecule has 0 saturated heterocycles. The minimum atomic E-state index is -0.251. The number of fused-ring (bicyclic) bond motifs is 2. The third-order valence-electron chi connectivity index (χ3n) is 5.54. The molecule has 0 aromatic carbocycles. The molecule has 0 radical (unpaired) electrons. The summed E-state index contributed by atoms with van der Waals surface area (Å²) in [6.07, 6.45) is 7.04. The van der Waals surface area contributed by atoms with Crippen molar-refractivity contribution in [3.05, 3.63) is 46.2 Å². The summed E-state index contributed by atoms with van der Waals surface area (Å²) in [4.78, 5) is 33.6. The molecule has 2 amide bonds. The Bertz CT molecular complexity index is 837. The average molecular weight is 370 g/mol. The highest BCUT2D eigenvalue weighted by Crippen LogP contribution is 2.48. The summed E-state index contributed by atoms with van der Waals surface area (Å²) in [6.45, 7) is 1.89. The molecule has 0 aliphatic heterocycles. The Morgan fingerprint density at radius 2 is 1.81 bits per heavy atom. The summed E-state index contributed by atoms with van der Waals surface area (Å²) in [5.74, 6) is -0.234. The molecule has 0 unspecified atom stereocenters. The standard InChI is InChI=1S/C19H22N4O2S/c1-13-11-26-17(21-13)16(25)23-19-7-4-6-18(12-19,8-9-19)22-15(24)14-5-2-3-10-20-14/h2-3,5,10-11H,4,6-9,12H2,1H3,(H,22,24)(H,23,25)/t18-,19+/m0/s1. The summed E-state index contributed by atoms with van der Waals surface area (Å²) in [5.41, 5.74) is 0.808. The fourth-order valence-electron chi connectivity index (χ4n) is 4.39. The molecule has 2 aromatic rings. The highest BCUT2D eigenvalue weighted by molar-refractivity contribution is 7.11. The number of pyridine rings is 1. The van der Waals surface area contributed by atoms with Crippen molar-refractivity contribution in [1.82, 2.24) is 20.6 Å². The minimum absolute atomic E-state index is 0.100. The smallest absolute Gasteiger partial charge is 0.280 e. The van der Waals surface area contributed by atoms with Crippen LogP contribution in [0.15, 0.2) is 29.8 Å². The molecule has 2 atom stereocenters. The SMILES string of the molecule is Cc1csc(C(=O)N[C@]23CCC[C@](NC(=O)c4ccccn4)(CC2)C3)n1. The molecular formula is C19H22N4O2S. The lowest BCUT2D eigenvalue weighted by molar-refractivity contribution is 0.0829. The van der Waals surface area contributed by atoms with Crippen LogP contribution in [0.1, 0.15) is 64.5 Å². The van der Waals surface area contributed by atoms with Crippen molar-refractivity contribution in [1.29, 1.82) is 0 Å². The first-order valence-electron chi connectivity index (χ1n) is 8.98. The van der Waals surface area contributed by atoms with E-state index in [1.54, 1.807) is 18.3 Å². The zero-order chi connectivity index (χ0) is 18.2. The highest BCUT2D eigenvalue weighted by atomic mass is 32.1. The van der Waals surface area contributed by atoms with Gasteiger partial charge in [0, 0.05) is 28.3 Å². The van der Waals surface area contributed by atoms with Crippen LogP contribution in [0.2, 0.25) is 0 Å². The predicted molar refractivity (Wildman–Crippen MR) is 99.2 cm³/mol. The van der Waals surface area contributed by atoms with E-state index in [9.17, 15) is 9.59 Å². The molecule has 2 heterocycles. The van der Waals surface area contributed by atoms with Gasteiger partial charge in [-0.1, -0.05) is 6.07 Å². The second-order valence-corrected chi connectivity index (χ2v) is 8.37. The van der Waals surface area contributed by atoms with E-state index in [1.807, 2.05) is 18.4 Å². The van der Waals surface area contributed by atoms with Crippen molar-refractivity contribution < 1.29 is 9.59 Å². The van der Waals surface area contributed by atoms with Gasteiger partial charge in [-0.2, -0.15) is 0 Å². The van der Waals surface area contributed by atoms with Crippen LogP contribution < -0.4 is 10.6 Å². The number of carbonyl (C=O) groups excluding carboxylic acids is 2.